The van der Waals surface area contributed by atoms with Crippen LogP contribution in [0.5, 0.6) is 5.75 Å². The van der Waals surface area contributed by atoms with Crippen LogP contribution in [-0.2, 0) is 11.3 Å². The third-order valence-electron chi connectivity index (χ3n) is 2.78. The SMILES string of the molecule is CCOC(=O)c1ccc(OC)c(Cn2cc(N)cn2)c1. The summed E-state index contributed by atoms with van der Waals surface area (Å²) in [6, 6.07) is 5.17. The first-order chi connectivity index (χ1) is 9.63. The lowest BCUT2D eigenvalue weighted by atomic mass is 10.1. The molecular formula is C14H17N3O3. The molecule has 6 heteroatoms. The quantitative estimate of drug-likeness (QED) is 0.840. The Morgan fingerprint density at radius 2 is 2.25 bits per heavy atom. The summed E-state index contributed by atoms with van der Waals surface area (Å²) in [5.74, 6) is 0.337. The number of anilines is 1. The lowest BCUT2D eigenvalue weighted by molar-refractivity contribution is 0.0526. The number of methoxy groups -OCH3 is 1. The van der Waals surface area contributed by atoms with Crippen molar-refractivity contribution in [1.82, 2.24) is 9.78 Å². The van der Waals surface area contributed by atoms with Crippen molar-refractivity contribution in [3.8, 4) is 5.75 Å². The fraction of sp³-hybridized carbons (Fsp3) is 0.286. The van der Waals surface area contributed by atoms with Crippen molar-refractivity contribution in [3.05, 3.63) is 41.7 Å². The molecule has 0 fully saturated rings. The second kappa shape index (κ2) is 6.10. The van der Waals surface area contributed by atoms with Gasteiger partial charge in [-0.05, 0) is 25.1 Å². The van der Waals surface area contributed by atoms with Crippen LogP contribution in [0.1, 0.15) is 22.8 Å². The third-order valence-corrected chi connectivity index (χ3v) is 2.78. The Balaban J connectivity index is 2.29. The number of hydrogen-bond donors (Lipinski definition) is 1. The van der Waals surface area contributed by atoms with Crippen LogP contribution in [0, 0.1) is 0 Å². The van der Waals surface area contributed by atoms with Gasteiger partial charge in [-0.2, -0.15) is 5.10 Å². The van der Waals surface area contributed by atoms with E-state index in [0.717, 1.165) is 5.56 Å². The molecule has 2 rings (SSSR count). The number of nitrogen functional groups attached to an aromatic ring is 1. The van der Waals surface area contributed by atoms with Crippen molar-refractivity contribution in [1.29, 1.82) is 0 Å². The average Bonchev–Trinajstić information content (AvgIpc) is 2.84. The maximum atomic E-state index is 11.7. The fourth-order valence-corrected chi connectivity index (χ4v) is 1.88. The molecule has 1 heterocycles. The van der Waals surface area contributed by atoms with Gasteiger partial charge in [0.1, 0.15) is 5.75 Å². The molecule has 6 nitrogen and oxygen atoms in total. The van der Waals surface area contributed by atoms with Crippen LogP contribution >= 0.6 is 0 Å². The molecule has 0 radical (unpaired) electrons. The van der Waals surface area contributed by atoms with Crippen LogP contribution in [0.4, 0.5) is 5.69 Å². The Morgan fingerprint density at radius 1 is 1.45 bits per heavy atom. The van der Waals surface area contributed by atoms with E-state index < -0.39 is 0 Å². The molecule has 2 N–H and O–H groups in total. The standard InChI is InChI=1S/C14H17N3O3/c1-3-20-14(18)10-4-5-13(19-2)11(6-10)8-17-9-12(15)7-16-17/h4-7,9H,3,8,15H2,1-2H3. The van der Waals surface area contributed by atoms with E-state index in [-0.39, 0.29) is 5.97 Å². The van der Waals surface area contributed by atoms with Crippen LogP contribution in [-0.4, -0.2) is 29.5 Å². The number of benzene rings is 1. The molecule has 0 spiro atoms. The number of carbonyl (C=O) groups is 1. The molecule has 0 aliphatic rings. The van der Waals surface area contributed by atoms with Gasteiger partial charge in [-0.1, -0.05) is 0 Å². The highest BCUT2D eigenvalue weighted by atomic mass is 16.5. The summed E-state index contributed by atoms with van der Waals surface area (Å²) >= 11 is 0. The van der Waals surface area contributed by atoms with E-state index in [1.165, 1.54) is 0 Å². The highest BCUT2D eigenvalue weighted by Crippen LogP contribution is 2.21. The lowest BCUT2D eigenvalue weighted by Crippen LogP contribution is -2.08. The van der Waals surface area contributed by atoms with Gasteiger partial charge in [-0.15, -0.1) is 0 Å². The molecule has 20 heavy (non-hydrogen) atoms. The summed E-state index contributed by atoms with van der Waals surface area (Å²) in [7, 11) is 1.58. The van der Waals surface area contributed by atoms with Crippen molar-refractivity contribution in [2.45, 2.75) is 13.5 Å². The van der Waals surface area contributed by atoms with E-state index >= 15 is 0 Å². The summed E-state index contributed by atoms with van der Waals surface area (Å²) in [6.07, 6.45) is 3.29. The number of hydrogen-bond acceptors (Lipinski definition) is 5. The van der Waals surface area contributed by atoms with E-state index in [1.54, 1.807) is 49.3 Å². The summed E-state index contributed by atoms with van der Waals surface area (Å²) in [6.45, 7) is 2.58. The van der Waals surface area contributed by atoms with Gasteiger partial charge in [0.05, 0.1) is 37.7 Å². The Bertz CT molecular complexity index is 607. The zero-order chi connectivity index (χ0) is 14.5. The Kier molecular flexibility index (Phi) is 4.24. The van der Waals surface area contributed by atoms with Crippen LogP contribution in [0.25, 0.3) is 0 Å². The molecule has 0 bridgehead atoms. The van der Waals surface area contributed by atoms with Crippen LogP contribution in [0.2, 0.25) is 0 Å². The normalized spacial score (nSPS) is 10.3. The second-order valence-electron chi connectivity index (χ2n) is 4.22. The number of ether oxygens (including phenoxy) is 2. The molecule has 0 saturated heterocycles. The summed E-state index contributed by atoms with van der Waals surface area (Å²) in [5.41, 5.74) is 7.54. The molecule has 1 aromatic carbocycles. The fourth-order valence-electron chi connectivity index (χ4n) is 1.88. The Hall–Kier alpha value is -2.50. The van der Waals surface area contributed by atoms with Crippen molar-refractivity contribution >= 4 is 11.7 Å². The Labute approximate surface area is 117 Å². The van der Waals surface area contributed by atoms with Gasteiger partial charge in [0.2, 0.25) is 0 Å². The van der Waals surface area contributed by atoms with Gasteiger partial charge in [0.25, 0.3) is 0 Å². The number of rotatable bonds is 5. The zero-order valence-corrected chi connectivity index (χ0v) is 11.5. The molecule has 0 aliphatic carbocycles. The molecule has 1 aromatic heterocycles. The molecule has 0 atom stereocenters. The molecular weight excluding hydrogens is 258 g/mol. The summed E-state index contributed by atoms with van der Waals surface area (Å²) < 4.78 is 12.0. The predicted octanol–water partition coefficient (Wildman–Crippen LogP) is 1.70. The van der Waals surface area contributed by atoms with Crippen molar-refractivity contribution in [2.75, 3.05) is 19.5 Å². The van der Waals surface area contributed by atoms with Crippen molar-refractivity contribution < 1.29 is 14.3 Å². The predicted molar refractivity (Wildman–Crippen MR) is 74.7 cm³/mol. The van der Waals surface area contributed by atoms with Crippen LogP contribution in [0.15, 0.2) is 30.6 Å². The lowest BCUT2D eigenvalue weighted by Gasteiger charge is -2.10. The van der Waals surface area contributed by atoms with E-state index in [9.17, 15) is 4.79 Å². The first-order valence-electron chi connectivity index (χ1n) is 6.26. The molecule has 0 saturated carbocycles. The summed E-state index contributed by atoms with van der Waals surface area (Å²) in [4.78, 5) is 11.7. The van der Waals surface area contributed by atoms with Gasteiger partial charge in [0.15, 0.2) is 0 Å². The number of aromatic nitrogens is 2. The van der Waals surface area contributed by atoms with E-state index in [4.69, 9.17) is 15.2 Å². The highest BCUT2D eigenvalue weighted by Gasteiger charge is 2.11. The number of nitrogens with two attached hydrogens (primary N) is 1. The van der Waals surface area contributed by atoms with Crippen molar-refractivity contribution in [3.63, 3.8) is 0 Å². The molecule has 0 aliphatic heterocycles. The van der Waals surface area contributed by atoms with Crippen molar-refractivity contribution in [2.24, 2.45) is 0 Å². The average molecular weight is 275 g/mol. The van der Waals surface area contributed by atoms with E-state index in [0.29, 0.717) is 30.2 Å². The monoisotopic (exact) mass is 275 g/mol. The number of esters is 1. The first kappa shape index (κ1) is 13.9. The summed E-state index contributed by atoms with van der Waals surface area (Å²) in [5, 5.41) is 4.12. The molecule has 0 amide bonds. The third kappa shape index (κ3) is 3.09. The van der Waals surface area contributed by atoms with Gasteiger partial charge >= 0.3 is 5.97 Å². The topological polar surface area (TPSA) is 79.4 Å². The van der Waals surface area contributed by atoms with Gasteiger partial charge in [-0.3, -0.25) is 4.68 Å². The van der Waals surface area contributed by atoms with E-state index in [2.05, 4.69) is 5.10 Å². The first-order valence-corrected chi connectivity index (χ1v) is 6.26. The largest absolute Gasteiger partial charge is 0.496 e. The maximum absolute atomic E-state index is 11.7. The number of carbonyl (C=O) groups excluding carboxylic acids is 1. The molecule has 0 unspecified atom stereocenters. The highest BCUT2D eigenvalue weighted by molar-refractivity contribution is 5.89. The minimum atomic E-state index is -0.351. The van der Waals surface area contributed by atoms with Gasteiger partial charge in [0, 0.05) is 11.8 Å². The molecule has 106 valence electrons. The zero-order valence-electron chi connectivity index (χ0n) is 11.5. The van der Waals surface area contributed by atoms with Gasteiger partial charge in [-0.25, -0.2) is 4.79 Å². The second-order valence-corrected chi connectivity index (χ2v) is 4.22. The molecule has 2 aromatic rings. The van der Waals surface area contributed by atoms with Crippen LogP contribution in [0.3, 0.4) is 0 Å². The Morgan fingerprint density at radius 3 is 2.85 bits per heavy atom. The number of nitrogens with zero attached hydrogens (tertiary/aromatic N) is 2. The smallest absolute Gasteiger partial charge is 0.338 e. The van der Waals surface area contributed by atoms with Crippen LogP contribution < -0.4 is 10.5 Å². The minimum absolute atomic E-state index is 0.343. The maximum Gasteiger partial charge on any atom is 0.338 e. The minimum Gasteiger partial charge on any atom is -0.496 e. The van der Waals surface area contributed by atoms with Gasteiger partial charge < -0.3 is 15.2 Å². The van der Waals surface area contributed by atoms with E-state index in [1.807, 2.05) is 0 Å².